The van der Waals surface area contributed by atoms with Gasteiger partial charge in [0.05, 0.1) is 12.8 Å². The van der Waals surface area contributed by atoms with Crippen LogP contribution >= 0.6 is 0 Å². The van der Waals surface area contributed by atoms with Gasteiger partial charge in [0.1, 0.15) is 5.75 Å². The summed E-state index contributed by atoms with van der Waals surface area (Å²) in [7, 11) is 0. The maximum absolute atomic E-state index is 11.9. The molecule has 0 fully saturated rings. The van der Waals surface area contributed by atoms with Crippen LogP contribution in [0, 0.1) is 0 Å². The first-order valence-corrected chi connectivity index (χ1v) is 6.58. The largest absolute Gasteiger partial charge is 0.492 e. The van der Waals surface area contributed by atoms with Crippen LogP contribution in [0.15, 0.2) is 41.6 Å². The van der Waals surface area contributed by atoms with Crippen LogP contribution in [0.5, 0.6) is 5.75 Å². The van der Waals surface area contributed by atoms with E-state index in [4.69, 9.17) is 10.5 Å². The third-order valence-corrected chi connectivity index (χ3v) is 2.80. The number of hydrogen-bond acceptors (Lipinski definition) is 5. The fraction of sp³-hybridized carbons (Fsp3) is 0.357. The van der Waals surface area contributed by atoms with Gasteiger partial charge in [-0.3, -0.25) is 9.78 Å². The topological polar surface area (TPSA) is 83.0 Å². The molecule has 2 aromatic rings. The van der Waals surface area contributed by atoms with E-state index >= 15 is 0 Å². The van der Waals surface area contributed by atoms with Crippen molar-refractivity contribution >= 4 is 0 Å². The first kappa shape index (κ1) is 14.2. The summed E-state index contributed by atoms with van der Waals surface area (Å²) in [4.78, 5) is 15.9. The summed E-state index contributed by atoms with van der Waals surface area (Å²) in [6.45, 7) is 1.58. The van der Waals surface area contributed by atoms with E-state index in [0.717, 1.165) is 12.0 Å². The zero-order valence-electron chi connectivity index (χ0n) is 11.2. The number of aryl methyl sites for hydroxylation is 2. The monoisotopic (exact) mass is 274 g/mol. The van der Waals surface area contributed by atoms with Crippen molar-refractivity contribution in [1.82, 2.24) is 14.8 Å². The minimum Gasteiger partial charge on any atom is -0.492 e. The van der Waals surface area contributed by atoms with Crippen LogP contribution in [-0.4, -0.2) is 27.9 Å². The molecule has 20 heavy (non-hydrogen) atoms. The van der Waals surface area contributed by atoms with E-state index in [1.807, 2.05) is 12.1 Å². The lowest BCUT2D eigenvalue weighted by molar-refractivity contribution is 0.309. The molecule has 0 amide bonds. The van der Waals surface area contributed by atoms with Gasteiger partial charge in [0.25, 0.3) is 5.56 Å². The highest BCUT2D eigenvalue weighted by Gasteiger charge is 2.02. The minimum absolute atomic E-state index is 0.167. The lowest BCUT2D eigenvalue weighted by Crippen LogP contribution is -2.23. The predicted molar refractivity (Wildman–Crippen MR) is 75.6 cm³/mol. The van der Waals surface area contributed by atoms with E-state index in [1.54, 1.807) is 18.6 Å². The summed E-state index contributed by atoms with van der Waals surface area (Å²) in [5.74, 6) is 0.487. The van der Waals surface area contributed by atoms with Crippen molar-refractivity contribution in [3.63, 3.8) is 0 Å². The van der Waals surface area contributed by atoms with Crippen LogP contribution < -0.4 is 16.0 Å². The van der Waals surface area contributed by atoms with Gasteiger partial charge in [-0.25, -0.2) is 4.68 Å². The average Bonchev–Trinajstić information content (AvgIpc) is 2.48. The number of nitrogens with two attached hydrogens (primary N) is 1. The van der Waals surface area contributed by atoms with Crippen molar-refractivity contribution in [2.45, 2.75) is 19.4 Å². The van der Waals surface area contributed by atoms with E-state index in [-0.39, 0.29) is 5.56 Å². The van der Waals surface area contributed by atoms with Gasteiger partial charge < -0.3 is 10.5 Å². The molecule has 0 bridgehead atoms. The van der Waals surface area contributed by atoms with E-state index < -0.39 is 0 Å². The Morgan fingerprint density at radius 2 is 2.25 bits per heavy atom. The van der Waals surface area contributed by atoms with Crippen LogP contribution in [0.25, 0.3) is 0 Å². The first-order chi connectivity index (χ1) is 9.79. The lowest BCUT2D eigenvalue weighted by Gasteiger charge is -2.07. The zero-order chi connectivity index (χ0) is 14.2. The Morgan fingerprint density at radius 1 is 1.35 bits per heavy atom. The van der Waals surface area contributed by atoms with Crippen LogP contribution in [0.2, 0.25) is 0 Å². The standard InChI is InChI=1S/C14H18N4O2/c15-5-2-8-20-13-9-14(19)18(17-11-13)7-4-12-3-1-6-16-10-12/h1,3,6,9-11H,2,4-5,7-8,15H2. The Hall–Kier alpha value is -2.21. The number of rotatable bonds is 7. The highest BCUT2D eigenvalue weighted by atomic mass is 16.5. The molecule has 2 aromatic heterocycles. The molecule has 0 saturated heterocycles. The van der Waals surface area contributed by atoms with Crippen molar-refractivity contribution in [2.24, 2.45) is 5.73 Å². The van der Waals surface area contributed by atoms with Gasteiger partial charge in [-0.15, -0.1) is 0 Å². The summed E-state index contributed by atoms with van der Waals surface area (Å²) in [5, 5.41) is 4.10. The number of hydrogen-bond donors (Lipinski definition) is 1. The molecule has 2 rings (SSSR count). The SMILES string of the molecule is NCCCOc1cnn(CCc2cccnc2)c(=O)c1. The molecule has 6 heteroatoms. The molecule has 0 aromatic carbocycles. The molecule has 0 radical (unpaired) electrons. The predicted octanol–water partition coefficient (Wildman–Crippen LogP) is 0.609. The summed E-state index contributed by atoms with van der Waals surface area (Å²) >= 11 is 0. The number of ether oxygens (including phenoxy) is 1. The lowest BCUT2D eigenvalue weighted by atomic mass is 10.2. The van der Waals surface area contributed by atoms with Crippen LogP contribution in [0.4, 0.5) is 0 Å². The van der Waals surface area contributed by atoms with Crippen molar-refractivity contribution < 1.29 is 4.74 Å². The highest BCUT2D eigenvalue weighted by Crippen LogP contribution is 2.04. The Bertz CT molecular complexity index is 583. The molecule has 2 heterocycles. The summed E-state index contributed by atoms with van der Waals surface area (Å²) in [5.41, 5.74) is 6.28. The van der Waals surface area contributed by atoms with Gasteiger partial charge in [-0.1, -0.05) is 6.07 Å². The number of nitrogens with zero attached hydrogens (tertiary/aromatic N) is 3. The Morgan fingerprint density at radius 3 is 2.95 bits per heavy atom. The summed E-state index contributed by atoms with van der Waals surface area (Å²) < 4.78 is 6.80. The molecule has 0 spiro atoms. The fourth-order valence-electron chi connectivity index (χ4n) is 1.72. The van der Waals surface area contributed by atoms with E-state index in [0.29, 0.717) is 31.9 Å². The first-order valence-electron chi connectivity index (χ1n) is 6.58. The van der Waals surface area contributed by atoms with Gasteiger partial charge in [0.2, 0.25) is 0 Å². The molecule has 2 N–H and O–H groups in total. The van der Waals surface area contributed by atoms with Crippen LogP contribution in [0.1, 0.15) is 12.0 Å². The molecule has 0 unspecified atom stereocenters. The molecule has 0 atom stereocenters. The third kappa shape index (κ3) is 4.17. The van der Waals surface area contributed by atoms with Crippen molar-refractivity contribution in [2.75, 3.05) is 13.2 Å². The number of pyridine rings is 1. The van der Waals surface area contributed by atoms with Crippen molar-refractivity contribution in [3.05, 3.63) is 52.7 Å². The molecular weight excluding hydrogens is 256 g/mol. The van der Waals surface area contributed by atoms with Gasteiger partial charge in [-0.05, 0) is 31.0 Å². The number of aromatic nitrogens is 3. The van der Waals surface area contributed by atoms with Gasteiger partial charge in [-0.2, -0.15) is 5.10 Å². The quantitative estimate of drug-likeness (QED) is 0.748. The molecule has 0 saturated carbocycles. The van der Waals surface area contributed by atoms with Gasteiger partial charge in [0, 0.05) is 25.0 Å². The maximum Gasteiger partial charge on any atom is 0.270 e. The maximum atomic E-state index is 11.9. The van der Waals surface area contributed by atoms with E-state index in [2.05, 4.69) is 10.1 Å². The Balaban J connectivity index is 1.94. The van der Waals surface area contributed by atoms with Gasteiger partial charge in [0.15, 0.2) is 0 Å². The normalized spacial score (nSPS) is 10.4. The second-order valence-corrected chi connectivity index (χ2v) is 4.35. The summed E-state index contributed by atoms with van der Waals surface area (Å²) in [6.07, 6.45) is 6.54. The molecule has 0 aliphatic heterocycles. The zero-order valence-corrected chi connectivity index (χ0v) is 11.2. The summed E-state index contributed by atoms with van der Waals surface area (Å²) in [6, 6.07) is 5.30. The average molecular weight is 274 g/mol. The van der Waals surface area contributed by atoms with E-state index in [9.17, 15) is 4.79 Å². The second-order valence-electron chi connectivity index (χ2n) is 4.35. The molecule has 6 nitrogen and oxygen atoms in total. The fourth-order valence-corrected chi connectivity index (χ4v) is 1.72. The Labute approximate surface area is 117 Å². The van der Waals surface area contributed by atoms with Crippen molar-refractivity contribution in [1.29, 1.82) is 0 Å². The molecular formula is C14H18N4O2. The van der Waals surface area contributed by atoms with E-state index in [1.165, 1.54) is 10.7 Å². The third-order valence-electron chi connectivity index (χ3n) is 2.80. The Kier molecular flexibility index (Phi) is 5.25. The minimum atomic E-state index is -0.167. The van der Waals surface area contributed by atoms with Crippen molar-refractivity contribution in [3.8, 4) is 5.75 Å². The highest BCUT2D eigenvalue weighted by molar-refractivity contribution is 5.14. The smallest absolute Gasteiger partial charge is 0.270 e. The molecule has 0 aliphatic rings. The van der Waals surface area contributed by atoms with Gasteiger partial charge >= 0.3 is 0 Å². The van der Waals surface area contributed by atoms with Crippen LogP contribution in [-0.2, 0) is 13.0 Å². The second kappa shape index (κ2) is 7.40. The van der Waals surface area contributed by atoms with Crippen LogP contribution in [0.3, 0.4) is 0 Å². The molecule has 106 valence electrons. The molecule has 0 aliphatic carbocycles.